The molecule has 1 saturated heterocycles. The highest BCUT2D eigenvalue weighted by molar-refractivity contribution is 5.05. The molecular formula is C11H22N2O. The summed E-state index contributed by atoms with van der Waals surface area (Å²) in [5.41, 5.74) is 1.10. The van der Waals surface area contributed by atoms with Gasteiger partial charge in [-0.05, 0) is 32.9 Å². The van der Waals surface area contributed by atoms with Gasteiger partial charge in [-0.3, -0.25) is 4.90 Å². The number of hydrogen-bond acceptors (Lipinski definition) is 3. The van der Waals surface area contributed by atoms with Crippen molar-refractivity contribution in [3.63, 3.8) is 0 Å². The summed E-state index contributed by atoms with van der Waals surface area (Å²) in [6.45, 7) is 8.76. The Bertz CT molecular complexity index is 182. The van der Waals surface area contributed by atoms with E-state index in [1.165, 1.54) is 19.4 Å². The van der Waals surface area contributed by atoms with Gasteiger partial charge in [0.05, 0.1) is 0 Å². The zero-order valence-electron chi connectivity index (χ0n) is 9.38. The fourth-order valence-corrected chi connectivity index (χ4v) is 1.83. The Kier molecular flexibility index (Phi) is 4.98. The molecule has 3 nitrogen and oxygen atoms in total. The summed E-state index contributed by atoms with van der Waals surface area (Å²) >= 11 is 0. The van der Waals surface area contributed by atoms with Crippen molar-refractivity contribution in [2.24, 2.45) is 0 Å². The van der Waals surface area contributed by atoms with Crippen molar-refractivity contribution in [1.29, 1.82) is 0 Å². The van der Waals surface area contributed by atoms with Gasteiger partial charge in [0.1, 0.15) is 6.73 Å². The van der Waals surface area contributed by atoms with E-state index in [0.717, 1.165) is 18.7 Å². The Hall–Kier alpha value is -0.540. The molecule has 0 saturated carbocycles. The van der Waals surface area contributed by atoms with Crippen LogP contribution in [0.1, 0.15) is 26.2 Å². The molecule has 1 fully saturated rings. The van der Waals surface area contributed by atoms with Gasteiger partial charge in [0.15, 0.2) is 0 Å². The van der Waals surface area contributed by atoms with Crippen molar-refractivity contribution in [2.45, 2.75) is 32.2 Å². The molecule has 14 heavy (non-hydrogen) atoms. The predicted octanol–water partition coefficient (Wildman–Crippen LogP) is 1.57. The van der Waals surface area contributed by atoms with Crippen LogP contribution < -0.4 is 5.32 Å². The van der Waals surface area contributed by atoms with Crippen LogP contribution in [0, 0.1) is 0 Å². The quantitative estimate of drug-likeness (QED) is 0.518. The van der Waals surface area contributed by atoms with E-state index in [4.69, 9.17) is 4.74 Å². The van der Waals surface area contributed by atoms with Crippen LogP contribution in [0.5, 0.6) is 0 Å². The molecule has 0 aromatic heterocycles. The number of nitrogens with one attached hydrogen (secondary N) is 1. The molecule has 0 spiro atoms. The second-order valence-corrected chi connectivity index (χ2v) is 3.89. The predicted molar refractivity (Wildman–Crippen MR) is 59.0 cm³/mol. The number of ether oxygens (including phenoxy) is 1. The zero-order chi connectivity index (χ0) is 10.4. The van der Waals surface area contributed by atoms with Gasteiger partial charge in [-0.15, -0.1) is 0 Å². The number of hydrogen-bond donors (Lipinski definition) is 1. The van der Waals surface area contributed by atoms with E-state index in [-0.39, 0.29) is 0 Å². The lowest BCUT2D eigenvalue weighted by molar-refractivity contribution is 0.120. The van der Waals surface area contributed by atoms with Crippen molar-refractivity contribution in [3.05, 3.63) is 12.3 Å². The maximum atomic E-state index is 5.36. The first-order chi connectivity index (χ1) is 6.75. The fourth-order valence-electron chi connectivity index (χ4n) is 1.83. The van der Waals surface area contributed by atoms with Gasteiger partial charge in [0.25, 0.3) is 0 Å². The molecule has 1 heterocycles. The second-order valence-electron chi connectivity index (χ2n) is 3.89. The van der Waals surface area contributed by atoms with Gasteiger partial charge in [-0.2, -0.15) is 0 Å². The molecular weight excluding hydrogens is 176 g/mol. The van der Waals surface area contributed by atoms with E-state index in [2.05, 4.69) is 30.8 Å². The summed E-state index contributed by atoms with van der Waals surface area (Å²) in [5.74, 6) is 0. The van der Waals surface area contributed by atoms with Crippen molar-refractivity contribution in [2.75, 3.05) is 26.9 Å². The van der Waals surface area contributed by atoms with Crippen LogP contribution in [0.25, 0.3) is 0 Å². The van der Waals surface area contributed by atoms with Gasteiger partial charge in [-0.1, -0.05) is 13.5 Å². The van der Waals surface area contributed by atoms with Crippen LogP contribution in [-0.2, 0) is 4.74 Å². The molecule has 1 rings (SSSR count). The largest absolute Gasteiger partial charge is 0.365 e. The molecule has 1 N–H and O–H groups in total. The van der Waals surface area contributed by atoms with Gasteiger partial charge in [0, 0.05) is 18.3 Å². The van der Waals surface area contributed by atoms with Crippen LogP contribution in [0.4, 0.5) is 0 Å². The van der Waals surface area contributed by atoms with Crippen molar-refractivity contribution < 1.29 is 4.74 Å². The van der Waals surface area contributed by atoms with Crippen molar-refractivity contribution >= 4 is 0 Å². The third kappa shape index (κ3) is 3.31. The average Bonchev–Trinajstić information content (AvgIpc) is 2.59. The first kappa shape index (κ1) is 11.5. The molecule has 0 radical (unpaired) electrons. The van der Waals surface area contributed by atoms with Crippen LogP contribution in [0.15, 0.2) is 12.3 Å². The monoisotopic (exact) mass is 198 g/mol. The third-order valence-corrected chi connectivity index (χ3v) is 2.67. The Labute approximate surface area is 87.1 Å². The molecule has 1 aliphatic heterocycles. The highest BCUT2D eigenvalue weighted by Gasteiger charge is 2.22. The van der Waals surface area contributed by atoms with Crippen molar-refractivity contribution in [3.8, 4) is 0 Å². The maximum Gasteiger partial charge on any atom is 0.116 e. The Morgan fingerprint density at radius 2 is 2.43 bits per heavy atom. The first-order valence-electron chi connectivity index (χ1n) is 5.46. The molecule has 0 unspecified atom stereocenters. The Morgan fingerprint density at radius 3 is 3.00 bits per heavy atom. The SMILES string of the molecule is C=C(NCOCCC)[C@@H]1CCCN1C. The van der Waals surface area contributed by atoms with Gasteiger partial charge < -0.3 is 10.1 Å². The number of rotatable bonds is 6. The van der Waals surface area contributed by atoms with Crippen molar-refractivity contribution in [1.82, 2.24) is 10.2 Å². The van der Waals surface area contributed by atoms with Crippen LogP contribution >= 0.6 is 0 Å². The lowest BCUT2D eigenvalue weighted by Crippen LogP contribution is -2.33. The highest BCUT2D eigenvalue weighted by atomic mass is 16.5. The minimum Gasteiger partial charge on any atom is -0.365 e. The van der Waals surface area contributed by atoms with E-state index in [9.17, 15) is 0 Å². The molecule has 82 valence electrons. The highest BCUT2D eigenvalue weighted by Crippen LogP contribution is 2.18. The average molecular weight is 198 g/mol. The molecule has 1 atom stereocenters. The van der Waals surface area contributed by atoms with E-state index in [1.54, 1.807) is 0 Å². The summed E-state index contributed by atoms with van der Waals surface area (Å²) in [6, 6.07) is 0.500. The lowest BCUT2D eigenvalue weighted by atomic mass is 10.2. The maximum absolute atomic E-state index is 5.36. The fraction of sp³-hybridized carbons (Fsp3) is 0.818. The normalized spacial score (nSPS) is 22.6. The number of nitrogens with zero attached hydrogens (tertiary/aromatic N) is 1. The minimum atomic E-state index is 0.500. The molecule has 0 bridgehead atoms. The van der Waals surface area contributed by atoms with E-state index >= 15 is 0 Å². The topological polar surface area (TPSA) is 24.5 Å². The number of likely N-dealkylation sites (N-methyl/N-ethyl adjacent to an activating group) is 1. The van der Waals surface area contributed by atoms with Gasteiger partial charge in [-0.25, -0.2) is 0 Å². The first-order valence-corrected chi connectivity index (χ1v) is 5.46. The molecule has 0 amide bonds. The molecule has 1 aliphatic rings. The lowest BCUT2D eigenvalue weighted by Gasteiger charge is -2.22. The summed E-state index contributed by atoms with van der Waals surface area (Å²) in [6.07, 6.45) is 3.56. The van der Waals surface area contributed by atoms with Gasteiger partial charge >= 0.3 is 0 Å². The Morgan fingerprint density at radius 1 is 1.64 bits per heavy atom. The van der Waals surface area contributed by atoms with E-state index in [0.29, 0.717) is 12.8 Å². The molecule has 0 aliphatic carbocycles. The number of likely N-dealkylation sites (tertiary alicyclic amines) is 1. The smallest absolute Gasteiger partial charge is 0.116 e. The molecule has 3 heteroatoms. The summed E-state index contributed by atoms with van der Waals surface area (Å²) in [4.78, 5) is 2.34. The minimum absolute atomic E-state index is 0.500. The Balaban J connectivity index is 2.14. The van der Waals surface area contributed by atoms with Crippen LogP contribution in [-0.4, -0.2) is 37.9 Å². The van der Waals surface area contributed by atoms with Crippen LogP contribution in [0.3, 0.4) is 0 Å². The summed E-state index contributed by atoms with van der Waals surface area (Å²) in [5, 5.41) is 3.23. The second kappa shape index (κ2) is 6.04. The standard InChI is InChI=1S/C11H22N2O/c1-4-8-14-9-12-10(2)11-6-5-7-13(11)3/h11-12H,2,4-9H2,1,3H3/t11-/m0/s1. The van der Waals surface area contributed by atoms with Gasteiger partial charge in [0.2, 0.25) is 0 Å². The summed E-state index contributed by atoms with van der Waals surface area (Å²) in [7, 11) is 2.15. The third-order valence-electron chi connectivity index (χ3n) is 2.67. The van der Waals surface area contributed by atoms with E-state index in [1.807, 2.05) is 0 Å². The van der Waals surface area contributed by atoms with E-state index < -0.39 is 0 Å². The zero-order valence-corrected chi connectivity index (χ0v) is 9.38. The van der Waals surface area contributed by atoms with Crippen LogP contribution in [0.2, 0.25) is 0 Å². The summed E-state index contributed by atoms with van der Waals surface area (Å²) < 4.78 is 5.36. The molecule has 0 aromatic rings. The molecule has 0 aromatic carbocycles.